The maximum atomic E-state index is 12.7. The van der Waals surface area contributed by atoms with Gasteiger partial charge >= 0.3 is 12.1 Å². The number of benzene rings is 1. The van der Waals surface area contributed by atoms with Crippen LogP contribution >= 0.6 is 22.6 Å². The van der Waals surface area contributed by atoms with E-state index in [0.717, 1.165) is 0 Å². The number of piperidine rings is 1. The van der Waals surface area contributed by atoms with Crippen molar-refractivity contribution in [3.05, 3.63) is 32.9 Å². The molecule has 0 atom stereocenters. The van der Waals surface area contributed by atoms with E-state index in [1.165, 1.54) is 4.90 Å². The number of hydrogen-bond donors (Lipinski definition) is 0. The fourth-order valence-corrected chi connectivity index (χ4v) is 3.45. The summed E-state index contributed by atoms with van der Waals surface area (Å²) < 4.78 is 43.5. The van der Waals surface area contributed by atoms with Crippen molar-refractivity contribution in [3.8, 4) is 0 Å². The summed E-state index contributed by atoms with van der Waals surface area (Å²) in [5, 5.41) is 0. The van der Waals surface area contributed by atoms with E-state index in [4.69, 9.17) is 4.74 Å². The molecule has 2 rings (SSSR count). The minimum absolute atomic E-state index is 0.0583. The molecule has 132 valence electrons. The number of hydrogen-bond acceptors (Lipinski definition) is 3. The van der Waals surface area contributed by atoms with Crippen LogP contribution in [0.2, 0.25) is 0 Å². The Morgan fingerprint density at radius 2 is 1.83 bits per heavy atom. The Labute approximate surface area is 151 Å². The Morgan fingerprint density at radius 3 is 2.38 bits per heavy atom. The number of carbonyl (C=O) groups excluding carboxylic acids is 2. The molecule has 0 aliphatic carbocycles. The lowest BCUT2D eigenvalue weighted by Gasteiger charge is -2.33. The van der Waals surface area contributed by atoms with Crippen molar-refractivity contribution in [1.82, 2.24) is 4.90 Å². The molecule has 24 heavy (non-hydrogen) atoms. The van der Waals surface area contributed by atoms with Crippen LogP contribution in [0.25, 0.3) is 0 Å². The monoisotopic (exact) mass is 455 g/mol. The molecule has 0 unspecified atom stereocenters. The van der Waals surface area contributed by atoms with E-state index in [1.54, 1.807) is 25.1 Å². The lowest BCUT2D eigenvalue weighted by Crippen LogP contribution is -2.42. The average molecular weight is 455 g/mol. The van der Waals surface area contributed by atoms with Crippen LogP contribution in [0.5, 0.6) is 0 Å². The zero-order valence-corrected chi connectivity index (χ0v) is 15.2. The van der Waals surface area contributed by atoms with Gasteiger partial charge in [-0.05, 0) is 54.5 Å². The number of halogens is 4. The zero-order valence-electron chi connectivity index (χ0n) is 13.0. The fraction of sp³-hybridized carbons (Fsp3) is 0.500. The number of esters is 1. The molecular formula is C16H17F3INO3. The van der Waals surface area contributed by atoms with Gasteiger partial charge in [0.05, 0.1) is 23.7 Å². The number of ether oxygens (including phenoxy) is 1. The van der Waals surface area contributed by atoms with Gasteiger partial charge < -0.3 is 9.64 Å². The molecule has 1 saturated heterocycles. The first kappa shape index (κ1) is 19.0. The van der Waals surface area contributed by atoms with E-state index in [-0.39, 0.29) is 44.0 Å². The van der Waals surface area contributed by atoms with Crippen molar-refractivity contribution in [3.63, 3.8) is 0 Å². The quantitative estimate of drug-likeness (QED) is 0.514. The van der Waals surface area contributed by atoms with Gasteiger partial charge in [0.2, 0.25) is 0 Å². The molecule has 0 radical (unpaired) electrons. The predicted molar refractivity (Wildman–Crippen MR) is 89.8 cm³/mol. The summed E-state index contributed by atoms with van der Waals surface area (Å²) in [5.74, 6) is -2.23. The highest BCUT2D eigenvalue weighted by atomic mass is 127. The number of carbonyl (C=O) groups is 2. The third-order valence-corrected chi connectivity index (χ3v) is 5.13. The van der Waals surface area contributed by atoms with Crippen LogP contribution in [0.1, 0.15) is 40.5 Å². The van der Waals surface area contributed by atoms with Gasteiger partial charge in [-0.15, -0.1) is 0 Å². The maximum absolute atomic E-state index is 12.7. The van der Waals surface area contributed by atoms with Gasteiger partial charge in [-0.1, -0.05) is 6.07 Å². The standard InChI is InChI=1S/C16H17F3INO3/c1-2-24-15(23)12-5-3-4-11(13(12)20)14(22)21-8-6-10(7-9-21)16(17,18)19/h3-5,10H,2,6-9H2,1H3. The van der Waals surface area contributed by atoms with E-state index in [2.05, 4.69) is 0 Å². The molecule has 1 amide bonds. The molecule has 0 N–H and O–H groups in total. The van der Waals surface area contributed by atoms with Crippen LogP contribution in [0.15, 0.2) is 18.2 Å². The van der Waals surface area contributed by atoms with Crippen LogP contribution in [0.3, 0.4) is 0 Å². The van der Waals surface area contributed by atoms with Gasteiger partial charge in [-0.3, -0.25) is 4.79 Å². The number of rotatable bonds is 3. The van der Waals surface area contributed by atoms with Crippen molar-refractivity contribution in [1.29, 1.82) is 0 Å². The summed E-state index contributed by atoms with van der Waals surface area (Å²) in [7, 11) is 0. The summed E-state index contributed by atoms with van der Waals surface area (Å²) >= 11 is 1.90. The van der Waals surface area contributed by atoms with Crippen LogP contribution in [-0.4, -0.2) is 42.6 Å². The van der Waals surface area contributed by atoms with Crippen LogP contribution in [-0.2, 0) is 4.74 Å². The fourth-order valence-electron chi connectivity index (χ4n) is 2.64. The van der Waals surface area contributed by atoms with Gasteiger partial charge in [-0.25, -0.2) is 4.79 Å². The van der Waals surface area contributed by atoms with Crippen LogP contribution in [0.4, 0.5) is 13.2 Å². The van der Waals surface area contributed by atoms with E-state index in [0.29, 0.717) is 9.13 Å². The second-order valence-electron chi connectivity index (χ2n) is 5.50. The van der Waals surface area contributed by atoms with Crippen molar-refractivity contribution < 1.29 is 27.5 Å². The zero-order chi connectivity index (χ0) is 17.9. The first-order valence-corrected chi connectivity index (χ1v) is 8.65. The third kappa shape index (κ3) is 4.20. The molecule has 0 bridgehead atoms. The number of amides is 1. The molecule has 1 fully saturated rings. The maximum Gasteiger partial charge on any atom is 0.391 e. The van der Waals surface area contributed by atoms with E-state index in [1.807, 2.05) is 22.6 Å². The van der Waals surface area contributed by atoms with E-state index >= 15 is 0 Å². The second-order valence-corrected chi connectivity index (χ2v) is 6.57. The third-order valence-electron chi connectivity index (χ3n) is 3.97. The number of nitrogens with zero attached hydrogens (tertiary/aromatic N) is 1. The molecule has 1 aliphatic rings. The number of alkyl halides is 3. The van der Waals surface area contributed by atoms with Crippen molar-refractivity contribution >= 4 is 34.5 Å². The highest BCUT2D eigenvalue weighted by Gasteiger charge is 2.41. The smallest absolute Gasteiger partial charge is 0.391 e. The minimum Gasteiger partial charge on any atom is -0.462 e. The molecule has 0 aromatic heterocycles. The lowest BCUT2D eigenvalue weighted by molar-refractivity contribution is -0.183. The van der Waals surface area contributed by atoms with E-state index in [9.17, 15) is 22.8 Å². The minimum atomic E-state index is -4.21. The number of likely N-dealkylation sites (tertiary alicyclic amines) is 1. The molecule has 8 heteroatoms. The molecule has 0 spiro atoms. The summed E-state index contributed by atoms with van der Waals surface area (Å²) in [6, 6.07) is 4.71. The normalized spacial score (nSPS) is 16.1. The summed E-state index contributed by atoms with van der Waals surface area (Å²) in [4.78, 5) is 25.9. The highest BCUT2D eigenvalue weighted by molar-refractivity contribution is 14.1. The molecule has 4 nitrogen and oxygen atoms in total. The SMILES string of the molecule is CCOC(=O)c1cccc(C(=O)N2CCC(C(F)(F)F)CC2)c1I. The van der Waals surface area contributed by atoms with E-state index < -0.39 is 18.1 Å². The summed E-state index contributed by atoms with van der Waals surface area (Å²) in [5.41, 5.74) is 0.597. The van der Waals surface area contributed by atoms with Gasteiger partial charge in [0.15, 0.2) is 0 Å². The Bertz CT molecular complexity index is 625. The molecule has 1 aliphatic heterocycles. The average Bonchev–Trinajstić information content (AvgIpc) is 2.54. The molecule has 0 saturated carbocycles. The molecule has 1 heterocycles. The van der Waals surface area contributed by atoms with Crippen LogP contribution in [0, 0.1) is 9.49 Å². The first-order chi connectivity index (χ1) is 11.3. The topological polar surface area (TPSA) is 46.6 Å². The highest BCUT2D eigenvalue weighted by Crippen LogP contribution is 2.34. The first-order valence-electron chi connectivity index (χ1n) is 7.57. The molecule has 1 aromatic carbocycles. The Morgan fingerprint density at radius 1 is 1.25 bits per heavy atom. The molecule has 1 aromatic rings. The Hall–Kier alpha value is -1.32. The summed E-state index contributed by atoms with van der Waals surface area (Å²) in [6.07, 6.45) is -4.40. The molecular weight excluding hydrogens is 438 g/mol. The van der Waals surface area contributed by atoms with Crippen LogP contribution < -0.4 is 0 Å². The Kier molecular flexibility index (Phi) is 6.11. The van der Waals surface area contributed by atoms with Crippen molar-refractivity contribution in [2.45, 2.75) is 25.9 Å². The Balaban J connectivity index is 2.14. The van der Waals surface area contributed by atoms with Gasteiger partial charge in [0.1, 0.15) is 0 Å². The van der Waals surface area contributed by atoms with Gasteiger partial charge in [-0.2, -0.15) is 13.2 Å². The largest absolute Gasteiger partial charge is 0.462 e. The predicted octanol–water partition coefficient (Wildman–Crippen LogP) is 3.88. The van der Waals surface area contributed by atoms with Gasteiger partial charge in [0, 0.05) is 16.7 Å². The lowest BCUT2D eigenvalue weighted by atomic mass is 9.95. The second kappa shape index (κ2) is 7.71. The van der Waals surface area contributed by atoms with Gasteiger partial charge in [0.25, 0.3) is 5.91 Å². The van der Waals surface area contributed by atoms with Crippen molar-refractivity contribution in [2.75, 3.05) is 19.7 Å². The summed E-state index contributed by atoms with van der Waals surface area (Å²) in [6.45, 7) is 2.02. The van der Waals surface area contributed by atoms with Crippen molar-refractivity contribution in [2.24, 2.45) is 5.92 Å².